The average Bonchev–Trinajstić information content (AvgIpc) is 2.70. The number of hydrogen-bond acceptors (Lipinski definition) is 4. The standard InChI is InChI=1S/C9H14N6/c1-7-5-8(2)15(12-7)4-3-14-6-9(10)11-13-14/h5-6H,3-4,10H2,1-2H3. The summed E-state index contributed by atoms with van der Waals surface area (Å²) in [5.74, 6) is 0.448. The van der Waals surface area contributed by atoms with Crippen LogP contribution in [0.15, 0.2) is 12.3 Å². The van der Waals surface area contributed by atoms with Gasteiger partial charge in [-0.3, -0.25) is 4.68 Å². The molecule has 6 nitrogen and oxygen atoms in total. The summed E-state index contributed by atoms with van der Waals surface area (Å²) in [7, 11) is 0. The molecule has 0 saturated heterocycles. The van der Waals surface area contributed by atoms with Crippen molar-refractivity contribution in [2.24, 2.45) is 0 Å². The molecular weight excluding hydrogens is 192 g/mol. The van der Waals surface area contributed by atoms with Gasteiger partial charge < -0.3 is 5.73 Å². The van der Waals surface area contributed by atoms with Crippen LogP contribution in [0.4, 0.5) is 5.82 Å². The third kappa shape index (κ3) is 2.15. The predicted molar refractivity (Wildman–Crippen MR) is 56.1 cm³/mol. The molecule has 15 heavy (non-hydrogen) atoms. The van der Waals surface area contributed by atoms with Crippen molar-refractivity contribution >= 4 is 5.82 Å². The second-order valence-corrected chi connectivity index (χ2v) is 3.56. The Bertz CT molecular complexity index is 455. The van der Waals surface area contributed by atoms with Crippen LogP contribution in [-0.4, -0.2) is 24.8 Å². The van der Waals surface area contributed by atoms with Gasteiger partial charge in [0.25, 0.3) is 0 Å². The third-order valence-electron chi connectivity index (χ3n) is 2.20. The minimum absolute atomic E-state index is 0.448. The van der Waals surface area contributed by atoms with E-state index in [1.807, 2.05) is 18.5 Å². The fourth-order valence-electron chi connectivity index (χ4n) is 1.52. The number of rotatable bonds is 3. The number of anilines is 1. The fourth-order valence-corrected chi connectivity index (χ4v) is 1.52. The highest BCUT2D eigenvalue weighted by molar-refractivity contribution is 5.19. The van der Waals surface area contributed by atoms with Crippen LogP contribution in [-0.2, 0) is 13.1 Å². The Morgan fingerprint density at radius 1 is 1.33 bits per heavy atom. The number of aryl methyl sites for hydroxylation is 4. The first-order chi connectivity index (χ1) is 7.15. The first kappa shape index (κ1) is 9.70. The Hall–Kier alpha value is -1.85. The van der Waals surface area contributed by atoms with Crippen molar-refractivity contribution in [1.29, 1.82) is 0 Å². The predicted octanol–water partition coefficient (Wildman–Crippen LogP) is 0.374. The lowest BCUT2D eigenvalue weighted by molar-refractivity contribution is 0.481. The zero-order valence-electron chi connectivity index (χ0n) is 8.88. The lowest BCUT2D eigenvalue weighted by Gasteiger charge is -2.03. The van der Waals surface area contributed by atoms with Crippen LogP contribution < -0.4 is 5.73 Å². The second kappa shape index (κ2) is 3.72. The van der Waals surface area contributed by atoms with Gasteiger partial charge in [-0.15, -0.1) is 5.10 Å². The van der Waals surface area contributed by atoms with E-state index in [1.165, 1.54) is 0 Å². The molecule has 0 aliphatic rings. The number of hydrogen-bond donors (Lipinski definition) is 1. The van der Waals surface area contributed by atoms with Crippen LogP contribution >= 0.6 is 0 Å². The maximum absolute atomic E-state index is 5.46. The van der Waals surface area contributed by atoms with Gasteiger partial charge in [-0.05, 0) is 19.9 Å². The Morgan fingerprint density at radius 3 is 2.67 bits per heavy atom. The molecular formula is C9H14N6. The Balaban J connectivity index is 2.01. The van der Waals surface area contributed by atoms with Gasteiger partial charge in [0.05, 0.1) is 25.0 Å². The van der Waals surface area contributed by atoms with E-state index >= 15 is 0 Å². The molecule has 0 aliphatic carbocycles. The maximum Gasteiger partial charge on any atom is 0.165 e. The molecule has 0 bridgehead atoms. The second-order valence-electron chi connectivity index (χ2n) is 3.56. The molecule has 2 aromatic rings. The highest BCUT2D eigenvalue weighted by Gasteiger charge is 2.01. The van der Waals surface area contributed by atoms with Gasteiger partial charge in [-0.2, -0.15) is 5.10 Å². The molecule has 6 heteroatoms. The third-order valence-corrected chi connectivity index (χ3v) is 2.20. The van der Waals surface area contributed by atoms with Gasteiger partial charge in [0.15, 0.2) is 5.82 Å². The minimum Gasteiger partial charge on any atom is -0.381 e. The topological polar surface area (TPSA) is 74.5 Å². The quantitative estimate of drug-likeness (QED) is 0.787. The first-order valence-corrected chi connectivity index (χ1v) is 4.82. The maximum atomic E-state index is 5.46. The average molecular weight is 206 g/mol. The van der Waals surface area contributed by atoms with Gasteiger partial charge in [-0.25, -0.2) is 4.68 Å². The summed E-state index contributed by atoms with van der Waals surface area (Å²) in [6.07, 6.45) is 1.71. The molecule has 0 spiro atoms. The van der Waals surface area contributed by atoms with Crippen LogP contribution in [0.3, 0.4) is 0 Å². The molecule has 80 valence electrons. The summed E-state index contributed by atoms with van der Waals surface area (Å²) in [4.78, 5) is 0. The molecule has 0 aliphatic heterocycles. The Labute approximate surface area is 87.7 Å². The van der Waals surface area contributed by atoms with E-state index in [9.17, 15) is 0 Å². The van der Waals surface area contributed by atoms with Gasteiger partial charge >= 0.3 is 0 Å². The molecule has 2 heterocycles. The normalized spacial score (nSPS) is 10.8. The van der Waals surface area contributed by atoms with Crippen LogP contribution in [0, 0.1) is 13.8 Å². The van der Waals surface area contributed by atoms with E-state index in [0.29, 0.717) is 5.82 Å². The van der Waals surface area contributed by atoms with Crippen molar-refractivity contribution in [2.45, 2.75) is 26.9 Å². The highest BCUT2D eigenvalue weighted by Crippen LogP contribution is 2.02. The zero-order valence-corrected chi connectivity index (χ0v) is 8.88. The van der Waals surface area contributed by atoms with Crippen molar-refractivity contribution < 1.29 is 0 Å². The van der Waals surface area contributed by atoms with Gasteiger partial charge in [0, 0.05) is 5.69 Å². The molecule has 0 amide bonds. The molecule has 0 saturated carbocycles. The largest absolute Gasteiger partial charge is 0.381 e. The van der Waals surface area contributed by atoms with Crippen molar-refractivity contribution in [3.63, 3.8) is 0 Å². The lowest BCUT2D eigenvalue weighted by Crippen LogP contribution is -2.10. The minimum atomic E-state index is 0.448. The van der Waals surface area contributed by atoms with Crippen molar-refractivity contribution in [2.75, 3.05) is 5.73 Å². The van der Waals surface area contributed by atoms with E-state index in [2.05, 4.69) is 21.5 Å². The Morgan fingerprint density at radius 2 is 2.13 bits per heavy atom. The lowest BCUT2D eigenvalue weighted by atomic mass is 10.4. The monoisotopic (exact) mass is 206 g/mol. The van der Waals surface area contributed by atoms with E-state index in [4.69, 9.17) is 5.73 Å². The molecule has 0 fully saturated rings. The SMILES string of the molecule is Cc1cc(C)n(CCn2cc(N)nn2)n1. The summed E-state index contributed by atoms with van der Waals surface area (Å²) in [6, 6.07) is 2.05. The molecule has 2 aromatic heterocycles. The Kier molecular flexibility index (Phi) is 2.40. The molecule has 0 atom stereocenters. The van der Waals surface area contributed by atoms with Gasteiger partial charge in [0.1, 0.15) is 0 Å². The summed E-state index contributed by atoms with van der Waals surface area (Å²) in [5, 5.41) is 11.9. The van der Waals surface area contributed by atoms with Crippen molar-refractivity contribution in [1.82, 2.24) is 24.8 Å². The van der Waals surface area contributed by atoms with Gasteiger partial charge in [-0.1, -0.05) is 5.21 Å². The molecule has 2 rings (SSSR count). The van der Waals surface area contributed by atoms with E-state index in [-0.39, 0.29) is 0 Å². The molecule has 0 radical (unpaired) electrons. The van der Waals surface area contributed by atoms with E-state index < -0.39 is 0 Å². The van der Waals surface area contributed by atoms with Crippen molar-refractivity contribution in [3.8, 4) is 0 Å². The summed E-state index contributed by atoms with van der Waals surface area (Å²) < 4.78 is 3.67. The van der Waals surface area contributed by atoms with Crippen LogP contribution in [0.25, 0.3) is 0 Å². The van der Waals surface area contributed by atoms with E-state index in [1.54, 1.807) is 10.9 Å². The van der Waals surface area contributed by atoms with Crippen LogP contribution in [0.5, 0.6) is 0 Å². The number of aromatic nitrogens is 5. The molecule has 2 N–H and O–H groups in total. The van der Waals surface area contributed by atoms with Crippen LogP contribution in [0.2, 0.25) is 0 Å². The van der Waals surface area contributed by atoms with E-state index in [0.717, 1.165) is 24.5 Å². The molecule has 0 aromatic carbocycles. The zero-order chi connectivity index (χ0) is 10.8. The summed E-state index contributed by atoms with van der Waals surface area (Å²) >= 11 is 0. The smallest absolute Gasteiger partial charge is 0.165 e. The number of nitrogen functional groups attached to an aromatic ring is 1. The summed E-state index contributed by atoms with van der Waals surface area (Å²) in [6.45, 7) is 5.53. The highest BCUT2D eigenvalue weighted by atomic mass is 15.4. The number of nitrogens with two attached hydrogens (primary N) is 1. The number of nitrogens with zero attached hydrogens (tertiary/aromatic N) is 5. The first-order valence-electron chi connectivity index (χ1n) is 4.82. The van der Waals surface area contributed by atoms with Crippen LogP contribution in [0.1, 0.15) is 11.4 Å². The van der Waals surface area contributed by atoms with Gasteiger partial charge in [0.2, 0.25) is 0 Å². The fraction of sp³-hybridized carbons (Fsp3) is 0.444. The molecule has 0 unspecified atom stereocenters. The van der Waals surface area contributed by atoms with Crippen molar-refractivity contribution in [3.05, 3.63) is 23.7 Å². The summed E-state index contributed by atoms with van der Waals surface area (Å²) in [5.41, 5.74) is 7.65.